The number of nitrogens with zero attached hydrogens (tertiary/aromatic N) is 3. The van der Waals surface area contributed by atoms with Crippen molar-refractivity contribution in [3.63, 3.8) is 0 Å². The summed E-state index contributed by atoms with van der Waals surface area (Å²) in [5.74, 6) is 0.972. The third kappa shape index (κ3) is 7.48. The Labute approximate surface area is 315 Å². The molecule has 0 saturated carbocycles. The van der Waals surface area contributed by atoms with E-state index in [1.54, 1.807) is 11.0 Å². The lowest BCUT2D eigenvalue weighted by Crippen LogP contribution is -2.52. The second-order valence-corrected chi connectivity index (χ2v) is 15.0. The zero-order valence-corrected chi connectivity index (χ0v) is 30.4. The van der Waals surface area contributed by atoms with Gasteiger partial charge in [-0.25, -0.2) is 0 Å². The molecular weight excluding hydrogens is 681 g/mol. The average Bonchev–Trinajstić information content (AvgIpc) is 3.51. The minimum atomic E-state index is -0.623. The maximum absolute atomic E-state index is 13.1. The number of anilines is 1. The number of rotatable bonds is 11. The highest BCUT2D eigenvalue weighted by atomic mass is 16.5. The molecule has 3 amide bonds. The second kappa shape index (κ2) is 15.5. The molecule has 10 nitrogen and oxygen atoms in total. The molecule has 8 rings (SSSR count). The average molecular weight is 727 g/mol. The lowest BCUT2D eigenvalue weighted by molar-refractivity contribution is -0.137. The van der Waals surface area contributed by atoms with Crippen LogP contribution in [0, 0.1) is 0 Å². The van der Waals surface area contributed by atoms with E-state index in [0.29, 0.717) is 56.2 Å². The summed E-state index contributed by atoms with van der Waals surface area (Å²) < 4.78 is 6.07. The van der Waals surface area contributed by atoms with E-state index < -0.39 is 11.9 Å². The van der Waals surface area contributed by atoms with Gasteiger partial charge in [0.05, 0.1) is 13.2 Å². The van der Waals surface area contributed by atoms with Crippen molar-refractivity contribution in [2.45, 2.75) is 62.9 Å². The summed E-state index contributed by atoms with van der Waals surface area (Å²) in [4.78, 5) is 56.0. The summed E-state index contributed by atoms with van der Waals surface area (Å²) in [5, 5.41) is 12.5. The number of piperazine rings is 1. The van der Waals surface area contributed by atoms with Crippen LogP contribution in [0.5, 0.6) is 11.5 Å². The molecule has 0 unspecified atom stereocenters. The highest BCUT2D eigenvalue weighted by Gasteiger charge is 2.39. The Morgan fingerprint density at radius 1 is 0.815 bits per heavy atom. The van der Waals surface area contributed by atoms with E-state index in [4.69, 9.17) is 4.74 Å². The van der Waals surface area contributed by atoms with Crippen LogP contribution in [0.2, 0.25) is 0 Å². The SMILES string of the molecule is O=C(CCCOc1ccc([C@@H]2c3ccc(O)cc3CC[C@@H]2c2ccccc2)cc1)CN1CCN(c2ccc3c(c2)CN([C@H]2CCC(=O)NC2=O)C3=O)CC1. The second-order valence-electron chi connectivity index (χ2n) is 15.0. The van der Waals surface area contributed by atoms with Gasteiger partial charge in [-0.3, -0.25) is 29.4 Å². The van der Waals surface area contributed by atoms with E-state index in [1.165, 1.54) is 22.3 Å². The standard InChI is InChI=1S/C44H46N4O6/c49-34-12-17-38-31(26-34)10-15-37(29-5-2-1-3-6-29)42(38)30-8-13-36(14-9-30)54-24-4-7-35(50)28-46-20-22-47(23-21-46)33-11-16-39-32(25-33)27-48(44(39)53)40-18-19-41(51)45-43(40)52/h1-3,5-6,8-9,11-14,16-17,25-26,37,40,42,49H,4,7,10,15,18-24,27-28H2,(H,45,51,52)/t37-,40+,42+/m1/s1. The molecule has 4 aliphatic rings. The topological polar surface area (TPSA) is 119 Å². The molecule has 2 saturated heterocycles. The number of aryl methyl sites for hydroxylation is 1. The number of hydrogen-bond donors (Lipinski definition) is 2. The first kappa shape index (κ1) is 35.5. The van der Waals surface area contributed by atoms with E-state index in [-0.39, 0.29) is 29.9 Å². The van der Waals surface area contributed by atoms with Crippen molar-refractivity contribution in [3.05, 3.63) is 124 Å². The minimum absolute atomic E-state index is 0.167. The number of ether oxygens (including phenoxy) is 1. The fraction of sp³-hybridized carbons (Fsp3) is 0.364. The van der Waals surface area contributed by atoms with E-state index in [1.807, 2.05) is 36.4 Å². The van der Waals surface area contributed by atoms with E-state index in [0.717, 1.165) is 56.0 Å². The molecule has 3 atom stereocenters. The van der Waals surface area contributed by atoms with Gasteiger partial charge in [0.15, 0.2) is 0 Å². The Kier molecular flexibility index (Phi) is 10.2. The van der Waals surface area contributed by atoms with Gasteiger partial charge in [-0.05, 0) is 102 Å². The van der Waals surface area contributed by atoms with E-state index in [2.05, 4.69) is 63.6 Å². The van der Waals surface area contributed by atoms with Crippen LogP contribution >= 0.6 is 0 Å². The van der Waals surface area contributed by atoms with Crippen molar-refractivity contribution in [1.29, 1.82) is 0 Å². The normalized spacial score (nSPS) is 21.4. The monoisotopic (exact) mass is 726 g/mol. The molecule has 3 heterocycles. The molecule has 2 fully saturated rings. The maximum atomic E-state index is 13.1. The Hall–Kier alpha value is -5.48. The number of benzene rings is 4. The number of nitrogens with one attached hydrogen (secondary N) is 1. The highest BCUT2D eigenvalue weighted by Crippen LogP contribution is 2.47. The first-order chi connectivity index (χ1) is 26.3. The van der Waals surface area contributed by atoms with E-state index in [9.17, 15) is 24.3 Å². The minimum Gasteiger partial charge on any atom is -0.508 e. The number of phenols is 1. The molecular formula is C44H46N4O6. The number of phenolic OH excluding ortho intramolecular Hbond substituents is 1. The quantitative estimate of drug-likeness (QED) is 0.152. The third-order valence-electron chi connectivity index (χ3n) is 11.6. The van der Waals surface area contributed by atoms with Crippen LogP contribution in [-0.2, 0) is 27.3 Å². The number of imide groups is 1. The van der Waals surface area contributed by atoms with Gasteiger partial charge in [-0.1, -0.05) is 48.5 Å². The van der Waals surface area contributed by atoms with Crippen molar-refractivity contribution < 1.29 is 29.0 Å². The smallest absolute Gasteiger partial charge is 0.255 e. The largest absolute Gasteiger partial charge is 0.508 e. The summed E-state index contributed by atoms with van der Waals surface area (Å²) in [6.07, 6.45) is 3.65. The van der Waals surface area contributed by atoms with Crippen molar-refractivity contribution in [1.82, 2.24) is 15.1 Å². The van der Waals surface area contributed by atoms with Gasteiger partial charge < -0.3 is 19.6 Å². The summed E-state index contributed by atoms with van der Waals surface area (Å²) in [7, 11) is 0. The molecule has 2 N–H and O–H groups in total. The van der Waals surface area contributed by atoms with Crippen LogP contribution in [0.3, 0.4) is 0 Å². The molecule has 4 aromatic rings. The number of amides is 3. The lowest BCUT2D eigenvalue weighted by atomic mass is 9.69. The fourth-order valence-corrected chi connectivity index (χ4v) is 8.76. The molecule has 0 radical (unpaired) electrons. The number of piperidine rings is 1. The van der Waals surface area contributed by atoms with Gasteiger partial charge in [-0.15, -0.1) is 0 Å². The third-order valence-corrected chi connectivity index (χ3v) is 11.6. The van der Waals surface area contributed by atoms with Crippen LogP contribution < -0.4 is 15.0 Å². The van der Waals surface area contributed by atoms with Gasteiger partial charge in [0, 0.05) is 62.7 Å². The number of carbonyl (C=O) groups is 4. The fourth-order valence-electron chi connectivity index (χ4n) is 8.76. The number of hydrogen-bond acceptors (Lipinski definition) is 8. The van der Waals surface area contributed by atoms with Crippen LogP contribution in [0.1, 0.15) is 82.1 Å². The predicted molar refractivity (Wildman–Crippen MR) is 205 cm³/mol. The van der Waals surface area contributed by atoms with Crippen LogP contribution in [0.15, 0.2) is 91.0 Å². The lowest BCUT2D eigenvalue weighted by Gasteiger charge is -2.36. The van der Waals surface area contributed by atoms with Crippen LogP contribution in [-0.4, -0.2) is 83.8 Å². The number of Topliss-reactive ketones (excluding diaryl/α,β-unsaturated/α-hetero) is 1. The molecule has 4 aromatic carbocycles. The summed E-state index contributed by atoms with van der Waals surface area (Å²) in [5.41, 5.74) is 7.56. The van der Waals surface area contributed by atoms with Crippen LogP contribution in [0.4, 0.5) is 5.69 Å². The molecule has 0 spiro atoms. The zero-order valence-electron chi connectivity index (χ0n) is 30.4. The van der Waals surface area contributed by atoms with Gasteiger partial charge in [0.25, 0.3) is 5.91 Å². The molecule has 10 heteroatoms. The van der Waals surface area contributed by atoms with Crippen molar-refractivity contribution >= 4 is 29.2 Å². The molecule has 54 heavy (non-hydrogen) atoms. The molecule has 0 aromatic heterocycles. The first-order valence-corrected chi connectivity index (χ1v) is 19.2. The summed E-state index contributed by atoms with van der Waals surface area (Å²) in [6.45, 7) is 4.34. The summed E-state index contributed by atoms with van der Waals surface area (Å²) >= 11 is 0. The van der Waals surface area contributed by atoms with Gasteiger partial charge in [-0.2, -0.15) is 0 Å². The Bertz CT molecular complexity index is 2040. The number of fused-ring (bicyclic) bond motifs is 2. The van der Waals surface area contributed by atoms with Crippen molar-refractivity contribution in [2.75, 3.05) is 44.2 Å². The molecule has 1 aliphatic carbocycles. The zero-order chi connectivity index (χ0) is 37.2. The Morgan fingerprint density at radius 2 is 1.61 bits per heavy atom. The molecule has 278 valence electrons. The van der Waals surface area contributed by atoms with Gasteiger partial charge in [0.1, 0.15) is 23.3 Å². The Balaban J connectivity index is 0.791. The first-order valence-electron chi connectivity index (χ1n) is 19.2. The van der Waals surface area contributed by atoms with Gasteiger partial charge >= 0.3 is 0 Å². The number of carbonyl (C=O) groups excluding carboxylic acids is 4. The number of aromatic hydroxyl groups is 1. The summed E-state index contributed by atoms with van der Waals surface area (Å²) in [6, 6.07) is 30.0. The Morgan fingerprint density at radius 3 is 2.39 bits per heavy atom. The van der Waals surface area contributed by atoms with Crippen molar-refractivity contribution in [2.24, 2.45) is 0 Å². The van der Waals surface area contributed by atoms with Gasteiger partial charge in [0.2, 0.25) is 11.8 Å². The van der Waals surface area contributed by atoms with Crippen molar-refractivity contribution in [3.8, 4) is 11.5 Å². The molecule has 0 bridgehead atoms. The predicted octanol–water partition coefficient (Wildman–Crippen LogP) is 5.57. The highest BCUT2D eigenvalue weighted by molar-refractivity contribution is 6.05. The van der Waals surface area contributed by atoms with E-state index >= 15 is 0 Å². The van der Waals surface area contributed by atoms with Crippen LogP contribution in [0.25, 0.3) is 0 Å². The number of ketones is 1. The molecule has 3 aliphatic heterocycles. The maximum Gasteiger partial charge on any atom is 0.255 e.